The van der Waals surface area contributed by atoms with Crippen LogP contribution in [0.25, 0.3) is 0 Å². The lowest BCUT2D eigenvalue weighted by atomic mass is 10.0. The van der Waals surface area contributed by atoms with Gasteiger partial charge in [-0.2, -0.15) is 5.26 Å². The molecule has 94 valence electrons. The van der Waals surface area contributed by atoms with E-state index in [0.717, 1.165) is 12.1 Å². The molecule has 1 atom stereocenters. The predicted molar refractivity (Wildman–Crippen MR) is 71.5 cm³/mol. The second-order valence-corrected chi connectivity index (χ2v) is 5.30. The molecule has 0 N–H and O–H groups in total. The number of rotatable bonds is 2. The summed E-state index contributed by atoms with van der Waals surface area (Å²) in [5, 5.41) is 9.25. The van der Waals surface area contributed by atoms with E-state index in [1.54, 1.807) is 18.2 Å². The summed E-state index contributed by atoms with van der Waals surface area (Å²) in [6.07, 6.45) is 1.47. The lowest BCUT2D eigenvalue weighted by Crippen LogP contribution is -2.36. The first kappa shape index (κ1) is 12.9. The number of halogens is 1. The second kappa shape index (κ2) is 4.99. The van der Waals surface area contributed by atoms with E-state index < -0.39 is 0 Å². The fourth-order valence-electron chi connectivity index (χ4n) is 2.42. The number of carbonyl (C=O) groups is 1. The Hall–Kier alpha value is -1.53. The third-order valence-corrected chi connectivity index (χ3v) is 3.69. The number of anilines is 1. The van der Waals surface area contributed by atoms with E-state index in [9.17, 15) is 4.79 Å². The van der Waals surface area contributed by atoms with Crippen molar-refractivity contribution in [2.75, 3.05) is 4.90 Å². The van der Waals surface area contributed by atoms with Gasteiger partial charge in [-0.25, -0.2) is 0 Å². The molecule has 4 heteroatoms. The smallest absolute Gasteiger partial charge is 0.227 e. The summed E-state index contributed by atoms with van der Waals surface area (Å²) in [6.45, 7) is 4.23. The molecule has 0 unspecified atom stereocenters. The molecule has 1 aliphatic heterocycles. The van der Waals surface area contributed by atoms with Gasteiger partial charge in [0.05, 0.1) is 10.6 Å². The number of hydrogen-bond acceptors (Lipinski definition) is 2. The Balaban J connectivity index is 2.38. The van der Waals surface area contributed by atoms with Gasteiger partial charge in [-0.15, -0.1) is 0 Å². The number of carbonyl (C=O) groups excluding carboxylic acids is 1. The number of hydrogen-bond donors (Lipinski definition) is 0. The highest BCUT2D eigenvalue weighted by Gasteiger charge is 2.34. The zero-order valence-corrected chi connectivity index (χ0v) is 11.2. The molecule has 3 nitrogen and oxygen atoms in total. The molecule has 1 saturated heterocycles. The number of amides is 1. The molecule has 1 amide bonds. The summed E-state index contributed by atoms with van der Waals surface area (Å²) >= 11 is 6.02. The van der Waals surface area contributed by atoms with Gasteiger partial charge >= 0.3 is 0 Å². The Morgan fingerprint density at radius 1 is 1.50 bits per heavy atom. The maximum atomic E-state index is 12.0. The number of nitrogens with zero attached hydrogens (tertiary/aromatic N) is 2. The zero-order valence-electron chi connectivity index (χ0n) is 10.5. The summed E-state index contributed by atoms with van der Waals surface area (Å²) in [6, 6.07) is 7.42. The molecule has 0 bridgehead atoms. The van der Waals surface area contributed by atoms with Crippen molar-refractivity contribution in [3.8, 4) is 6.07 Å². The van der Waals surface area contributed by atoms with Crippen LogP contribution in [-0.2, 0) is 4.79 Å². The van der Waals surface area contributed by atoms with E-state index in [-0.39, 0.29) is 11.9 Å². The highest BCUT2D eigenvalue weighted by atomic mass is 35.5. The van der Waals surface area contributed by atoms with Gasteiger partial charge in [0.1, 0.15) is 6.07 Å². The minimum Gasteiger partial charge on any atom is -0.309 e. The van der Waals surface area contributed by atoms with Crippen molar-refractivity contribution in [3.05, 3.63) is 28.8 Å². The molecule has 1 fully saturated rings. The molecule has 1 aromatic carbocycles. The molecule has 1 heterocycles. The van der Waals surface area contributed by atoms with Crippen molar-refractivity contribution in [2.24, 2.45) is 5.92 Å². The van der Waals surface area contributed by atoms with Crippen LogP contribution in [-0.4, -0.2) is 11.9 Å². The van der Waals surface area contributed by atoms with Crippen LogP contribution >= 0.6 is 11.6 Å². The molecule has 0 aliphatic carbocycles. The molecule has 1 aliphatic rings. The van der Waals surface area contributed by atoms with Crippen molar-refractivity contribution >= 4 is 23.2 Å². The molecule has 1 aromatic rings. The topological polar surface area (TPSA) is 44.1 Å². The monoisotopic (exact) mass is 262 g/mol. The van der Waals surface area contributed by atoms with E-state index in [2.05, 4.69) is 13.8 Å². The summed E-state index contributed by atoms with van der Waals surface area (Å²) in [7, 11) is 0. The van der Waals surface area contributed by atoms with Crippen LogP contribution in [0.1, 0.15) is 32.3 Å². The van der Waals surface area contributed by atoms with Gasteiger partial charge < -0.3 is 4.90 Å². The van der Waals surface area contributed by atoms with Crippen LogP contribution in [0.4, 0.5) is 5.69 Å². The average Bonchev–Trinajstić information content (AvgIpc) is 2.71. The lowest BCUT2D eigenvalue weighted by molar-refractivity contribution is -0.117. The molecular weight excluding hydrogens is 248 g/mol. The Morgan fingerprint density at radius 3 is 2.78 bits per heavy atom. The van der Waals surface area contributed by atoms with Crippen LogP contribution in [0.15, 0.2) is 18.2 Å². The molecule has 0 saturated carbocycles. The Morgan fingerprint density at radius 2 is 2.22 bits per heavy atom. The van der Waals surface area contributed by atoms with Gasteiger partial charge in [-0.1, -0.05) is 25.4 Å². The van der Waals surface area contributed by atoms with Gasteiger partial charge in [0.15, 0.2) is 0 Å². The van der Waals surface area contributed by atoms with Crippen LogP contribution in [0.3, 0.4) is 0 Å². The van der Waals surface area contributed by atoms with Crippen LogP contribution in [0.2, 0.25) is 5.02 Å². The van der Waals surface area contributed by atoms with Gasteiger partial charge in [0, 0.05) is 18.2 Å². The quantitative estimate of drug-likeness (QED) is 0.820. The first-order valence-electron chi connectivity index (χ1n) is 6.06. The van der Waals surface area contributed by atoms with Gasteiger partial charge in [0.2, 0.25) is 5.91 Å². The first-order chi connectivity index (χ1) is 8.54. The predicted octanol–water partition coefficient (Wildman–Crippen LogP) is 3.36. The normalized spacial score (nSPS) is 19.4. The minimum absolute atomic E-state index is 0.134. The summed E-state index contributed by atoms with van der Waals surface area (Å²) in [5.74, 6) is 0.542. The van der Waals surface area contributed by atoms with Gasteiger partial charge in [-0.05, 0) is 30.5 Å². The van der Waals surface area contributed by atoms with E-state index >= 15 is 0 Å². The van der Waals surface area contributed by atoms with E-state index in [4.69, 9.17) is 16.9 Å². The molecule has 0 spiro atoms. The molecular formula is C14H15ClN2O. The van der Waals surface area contributed by atoms with Crippen LogP contribution in [0.5, 0.6) is 0 Å². The van der Waals surface area contributed by atoms with Crippen molar-refractivity contribution in [3.63, 3.8) is 0 Å². The highest BCUT2D eigenvalue weighted by Crippen LogP contribution is 2.32. The number of benzene rings is 1. The Labute approximate surface area is 112 Å². The Kier molecular flexibility index (Phi) is 3.58. The van der Waals surface area contributed by atoms with Crippen LogP contribution < -0.4 is 4.90 Å². The third-order valence-electron chi connectivity index (χ3n) is 3.38. The SMILES string of the molecule is CC(C)[C@H]1CCC(=O)N1c1ccc(C#N)c(Cl)c1. The maximum Gasteiger partial charge on any atom is 0.227 e. The molecule has 0 radical (unpaired) electrons. The van der Waals surface area contributed by atoms with Crippen molar-refractivity contribution in [1.29, 1.82) is 5.26 Å². The fraction of sp³-hybridized carbons (Fsp3) is 0.429. The average molecular weight is 263 g/mol. The number of nitriles is 1. The highest BCUT2D eigenvalue weighted by molar-refractivity contribution is 6.32. The fourth-order valence-corrected chi connectivity index (χ4v) is 2.63. The minimum atomic E-state index is 0.134. The largest absolute Gasteiger partial charge is 0.309 e. The first-order valence-corrected chi connectivity index (χ1v) is 6.44. The standard InChI is InChI=1S/C14H15ClN2O/c1-9(2)13-5-6-14(18)17(13)11-4-3-10(8-16)12(15)7-11/h3-4,7,9,13H,5-6H2,1-2H3/t13-/m1/s1. The van der Waals surface area contributed by atoms with Crippen LogP contribution in [0, 0.1) is 17.2 Å². The maximum absolute atomic E-state index is 12.0. The summed E-state index contributed by atoms with van der Waals surface area (Å²) in [4.78, 5) is 13.8. The Bertz CT molecular complexity index is 519. The van der Waals surface area contributed by atoms with Gasteiger partial charge in [-0.3, -0.25) is 4.79 Å². The second-order valence-electron chi connectivity index (χ2n) is 4.89. The molecule has 2 rings (SSSR count). The molecule has 18 heavy (non-hydrogen) atoms. The van der Waals surface area contributed by atoms with Crippen molar-refractivity contribution in [2.45, 2.75) is 32.7 Å². The van der Waals surface area contributed by atoms with E-state index in [0.29, 0.717) is 22.9 Å². The van der Waals surface area contributed by atoms with Crippen molar-refractivity contribution in [1.82, 2.24) is 0 Å². The van der Waals surface area contributed by atoms with Crippen molar-refractivity contribution < 1.29 is 4.79 Å². The van der Waals surface area contributed by atoms with Gasteiger partial charge in [0.25, 0.3) is 0 Å². The van der Waals surface area contributed by atoms with E-state index in [1.807, 2.05) is 11.0 Å². The zero-order chi connectivity index (χ0) is 13.3. The van der Waals surface area contributed by atoms with E-state index in [1.165, 1.54) is 0 Å². The summed E-state index contributed by atoms with van der Waals surface area (Å²) in [5.41, 5.74) is 1.23. The molecule has 0 aromatic heterocycles. The lowest BCUT2D eigenvalue weighted by Gasteiger charge is -2.28. The third kappa shape index (κ3) is 2.21. The summed E-state index contributed by atoms with van der Waals surface area (Å²) < 4.78 is 0.